The Labute approximate surface area is 146 Å². The number of carbonyl (C=O) groups is 2. The first-order chi connectivity index (χ1) is 11.8. The van der Waals surface area contributed by atoms with Crippen LogP contribution in [0.1, 0.15) is 37.6 Å². The molecule has 1 aliphatic heterocycles. The molecule has 0 spiro atoms. The summed E-state index contributed by atoms with van der Waals surface area (Å²) in [7, 11) is 0. The maximum Gasteiger partial charge on any atom is 0.257 e. The third kappa shape index (κ3) is 4.15. The number of rotatable bonds is 5. The first-order valence-corrected chi connectivity index (χ1v) is 8.51. The Morgan fingerprint density at radius 1 is 1.32 bits per heavy atom. The van der Waals surface area contributed by atoms with Crippen LogP contribution in [0.2, 0.25) is 0 Å². The number of nitrogens with zero attached hydrogens (tertiary/aromatic N) is 1. The van der Waals surface area contributed by atoms with Gasteiger partial charge in [-0.1, -0.05) is 19.9 Å². The van der Waals surface area contributed by atoms with Gasteiger partial charge in [-0.15, -0.1) is 0 Å². The van der Waals surface area contributed by atoms with Gasteiger partial charge in [0.25, 0.3) is 5.91 Å². The summed E-state index contributed by atoms with van der Waals surface area (Å²) in [6, 6.07) is 2.37. The monoisotopic (exact) mass is 353 g/mol. The number of hydrogen-bond acceptors (Lipinski definition) is 3. The molecule has 1 heterocycles. The molecule has 1 aliphatic rings. The van der Waals surface area contributed by atoms with Gasteiger partial charge in [0.2, 0.25) is 5.91 Å². The third-order valence-corrected chi connectivity index (χ3v) is 4.69. The minimum Gasteiger partial charge on any atom is -0.340 e. The summed E-state index contributed by atoms with van der Waals surface area (Å²) >= 11 is 0. The molecule has 1 aromatic rings. The summed E-state index contributed by atoms with van der Waals surface area (Å²) < 4.78 is 27.6. The van der Waals surface area contributed by atoms with Crippen LogP contribution in [-0.4, -0.2) is 41.9 Å². The summed E-state index contributed by atoms with van der Waals surface area (Å²) in [6.45, 7) is 6.52. The molecule has 25 heavy (non-hydrogen) atoms. The standard InChI is InChI=1S/C18H25F2N3O2/c1-10(2)16(18(25)23-9-12(8-21)7-11(23)3)22-17(24)15-13(19)5-4-6-14(15)20/h4-6,10-12,16H,7-9,21H2,1-3H3,(H,22,24)/t11?,12?,16-/m0/s1. The lowest BCUT2D eigenvalue weighted by atomic mass is 10.0. The van der Waals surface area contributed by atoms with E-state index in [9.17, 15) is 18.4 Å². The maximum absolute atomic E-state index is 13.8. The fourth-order valence-corrected chi connectivity index (χ4v) is 3.24. The van der Waals surface area contributed by atoms with Crippen LogP contribution >= 0.6 is 0 Å². The zero-order valence-electron chi connectivity index (χ0n) is 14.8. The van der Waals surface area contributed by atoms with Gasteiger partial charge in [0.15, 0.2) is 0 Å². The van der Waals surface area contributed by atoms with E-state index in [-0.39, 0.29) is 23.8 Å². The van der Waals surface area contributed by atoms with E-state index < -0.39 is 29.1 Å². The zero-order valence-corrected chi connectivity index (χ0v) is 14.8. The van der Waals surface area contributed by atoms with Crippen LogP contribution in [0.25, 0.3) is 0 Å². The molecule has 138 valence electrons. The summed E-state index contributed by atoms with van der Waals surface area (Å²) in [5.74, 6) is -3.08. The number of hydrogen-bond donors (Lipinski definition) is 2. The average molecular weight is 353 g/mol. The van der Waals surface area contributed by atoms with Crippen molar-refractivity contribution in [3.8, 4) is 0 Å². The minimum atomic E-state index is -0.954. The Balaban J connectivity index is 2.18. The van der Waals surface area contributed by atoms with Crippen molar-refractivity contribution in [3.05, 3.63) is 35.4 Å². The summed E-state index contributed by atoms with van der Waals surface area (Å²) in [5.41, 5.74) is 5.02. The van der Waals surface area contributed by atoms with Crippen LogP contribution < -0.4 is 11.1 Å². The lowest BCUT2D eigenvalue weighted by Gasteiger charge is -2.29. The van der Waals surface area contributed by atoms with Crippen molar-refractivity contribution >= 4 is 11.8 Å². The maximum atomic E-state index is 13.8. The molecule has 3 atom stereocenters. The SMILES string of the molecule is CC(C)[C@H](NC(=O)c1c(F)cccc1F)C(=O)N1CC(CN)CC1C. The van der Waals surface area contributed by atoms with Crippen LogP contribution in [0.15, 0.2) is 18.2 Å². The van der Waals surface area contributed by atoms with Gasteiger partial charge in [-0.3, -0.25) is 9.59 Å². The third-order valence-electron chi connectivity index (χ3n) is 4.69. The van der Waals surface area contributed by atoms with Crippen LogP contribution in [0.4, 0.5) is 8.78 Å². The highest BCUT2D eigenvalue weighted by Crippen LogP contribution is 2.24. The second-order valence-corrected chi connectivity index (χ2v) is 6.97. The lowest BCUT2D eigenvalue weighted by Crippen LogP contribution is -2.52. The second-order valence-electron chi connectivity index (χ2n) is 6.97. The first-order valence-electron chi connectivity index (χ1n) is 8.51. The van der Waals surface area contributed by atoms with Crippen molar-refractivity contribution in [3.63, 3.8) is 0 Å². The summed E-state index contributed by atoms with van der Waals surface area (Å²) in [4.78, 5) is 26.9. The first kappa shape index (κ1) is 19.3. The van der Waals surface area contributed by atoms with Crippen LogP contribution in [-0.2, 0) is 4.79 Å². The van der Waals surface area contributed by atoms with Gasteiger partial charge in [-0.05, 0) is 43.9 Å². The normalized spacial score (nSPS) is 21.5. The van der Waals surface area contributed by atoms with E-state index >= 15 is 0 Å². The fourth-order valence-electron chi connectivity index (χ4n) is 3.24. The predicted octanol–water partition coefficient (Wildman–Crippen LogP) is 1.91. The van der Waals surface area contributed by atoms with Gasteiger partial charge in [0.05, 0.1) is 0 Å². The Hall–Kier alpha value is -2.02. The number of amides is 2. The van der Waals surface area contributed by atoms with Crippen LogP contribution in [0.3, 0.4) is 0 Å². The Morgan fingerprint density at radius 2 is 1.92 bits per heavy atom. The van der Waals surface area contributed by atoms with Crippen molar-refractivity contribution in [2.45, 2.75) is 39.3 Å². The molecule has 2 unspecified atom stereocenters. The smallest absolute Gasteiger partial charge is 0.257 e. The Bertz CT molecular complexity index is 631. The van der Waals surface area contributed by atoms with Crippen LogP contribution in [0.5, 0.6) is 0 Å². The van der Waals surface area contributed by atoms with E-state index in [0.717, 1.165) is 18.6 Å². The number of nitrogens with two attached hydrogens (primary N) is 1. The minimum absolute atomic E-state index is 0.0180. The molecule has 1 saturated heterocycles. The van der Waals surface area contributed by atoms with Gasteiger partial charge in [0.1, 0.15) is 23.2 Å². The molecule has 7 heteroatoms. The summed E-state index contributed by atoms with van der Waals surface area (Å²) in [6.07, 6.45) is 0.808. The lowest BCUT2D eigenvalue weighted by molar-refractivity contribution is -0.135. The van der Waals surface area contributed by atoms with Gasteiger partial charge in [-0.25, -0.2) is 8.78 Å². The number of benzene rings is 1. The van der Waals surface area contributed by atoms with Crippen molar-refractivity contribution in [2.24, 2.45) is 17.6 Å². The zero-order chi connectivity index (χ0) is 18.7. The van der Waals surface area contributed by atoms with Gasteiger partial charge < -0.3 is 16.0 Å². The highest BCUT2D eigenvalue weighted by atomic mass is 19.1. The second kappa shape index (κ2) is 7.91. The molecular formula is C18H25F2N3O2. The average Bonchev–Trinajstić information content (AvgIpc) is 2.92. The van der Waals surface area contributed by atoms with E-state index in [0.29, 0.717) is 13.1 Å². The molecule has 3 N–H and O–H groups in total. The summed E-state index contributed by atoms with van der Waals surface area (Å²) in [5, 5.41) is 2.50. The van der Waals surface area contributed by atoms with Crippen molar-refractivity contribution in [1.82, 2.24) is 10.2 Å². The molecule has 1 aromatic carbocycles. The molecule has 0 bridgehead atoms. The van der Waals surface area contributed by atoms with Crippen molar-refractivity contribution in [1.29, 1.82) is 0 Å². The number of carbonyl (C=O) groups excluding carboxylic acids is 2. The quantitative estimate of drug-likeness (QED) is 0.849. The van der Waals surface area contributed by atoms with E-state index in [4.69, 9.17) is 5.73 Å². The van der Waals surface area contributed by atoms with Gasteiger partial charge >= 0.3 is 0 Å². The topological polar surface area (TPSA) is 75.4 Å². The van der Waals surface area contributed by atoms with Crippen molar-refractivity contribution in [2.75, 3.05) is 13.1 Å². The molecule has 1 fully saturated rings. The predicted molar refractivity (Wildman–Crippen MR) is 90.8 cm³/mol. The largest absolute Gasteiger partial charge is 0.340 e. The number of nitrogens with one attached hydrogen (secondary N) is 1. The Morgan fingerprint density at radius 3 is 2.40 bits per heavy atom. The van der Waals surface area contributed by atoms with Crippen LogP contribution in [0, 0.1) is 23.5 Å². The molecule has 2 amide bonds. The van der Waals surface area contributed by atoms with E-state index in [1.165, 1.54) is 6.07 Å². The van der Waals surface area contributed by atoms with E-state index in [1.807, 2.05) is 6.92 Å². The molecule has 0 aliphatic carbocycles. The molecule has 5 nitrogen and oxygen atoms in total. The van der Waals surface area contributed by atoms with Crippen molar-refractivity contribution < 1.29 is 18.4 Å². The molecule has 0 saturated carbocycles. The van der Waals surface area contributed by atoms with Gasteiger partial charge in [-0.2, -0.15) is 0 Å². The highest BCUT2D eigenvalue weighted by molar-refractivity contribution is 5.98. The molecule has 2 rings (SSSR count). The number of likely N-dealkylation sites (tertiary alicyclic amines) is 1. The van der Waals surface area contributed by atoms with E-state index in [1.54, 1.807) is 18.7 Å². The molecular weight excluding hydrogens is 328 g/mol. The molecule has 0 radical (unpaired) electrons. The number of halogens is 2. The highest BCUT2D eigenvalue weighted by Gasteiger charge is 2.37. The fraction of sp³-hybridized carbons (Fsp3) is 0.556. The van der Waals surface area contributed by atoms with E-state index in [2.05, 4.69) is 5.32 Å². The van der Waals surface area contributed by atoms with Gasteiger partial charge in [0, 0.05) is 12.6 Å². The Kier molecular flexibility index (Phi) is 6.11. The molecule has 0 aromatic heterocycles.